The van der Waals surface area contributed by atoms with E-state index in [2.05, 4.69) is 4.74 Å². The van der Waals surface area contributed by atoms with Crippen molar-refractivity contribution in [1.82, 2.24) is 0 Å². The van der Waals surface area contributed by atoms with E-state index < -0.39 is 0 Å². The molecule has 0 bridgehead atoms. The van der Waals surface area contributed by atoms with Crippen LogP contribution in [-0.4, -0.2) is 31.4 Å². The van der Waals surface area contributed by atoms with Crippen LogP contribution in [0, 0.1) is 0 Å². The first kappa shape index (κ1) is 18.4. The predicted octanol–water partition coefficient (Wildman–Crippen LogP) is 3.16. The van der Waals surface area contributed by atoms with Crippen LogP contribution in [0.1, 0.15) is 53.6 Å². The first-order valence-electron chi connectivity index (χ1n) is 7.35. The molecule has 0 amide bonds. The predicted molar refractivity (Wildman–Crippen MR) is 84.1 cm³/mol. The molecular formula is C16H22O5S. The highest BCUT2D eigenvalue weighted by atomic mass is 32.1. The standard InChI is InChI=1S/C16H22O5S/c1-12(17)21-11-4-3-6-13-9-10-15(22-13)14(18)7-5-8-16(19)20-2/h9-10H,3-8,11H2,1-2H3. The lowest BCUT2D eigenvalue weighted by Crippen LogP contribution is -2.02. The molecule has 6 heteroatoms. The normalized spacial score (nSPS) is 10.3. The van der Waals surface area contributed by atoms with Gasteiger partial charge >= 0.3 is 11.9 Å². The van der Waals surface area contributed by atoms with Crippen molar-refractivity contribution in [3.8, 4) is 0 Å². The van der Waals surface area contributed by atoms with E-state index in [0.717, 1.165) is 29.0 Å². The largest absolute Gasteiger partial charge is 0.469 e. The molecule has 0 saturated carbocycles. The molecule has 0 aromatic carbocycles. The molecule has 0 fully saturated rings. The van der Waals surface area contributed by atoms with Gasteiger partial charge in [-0.25, -0.2) is 0 Å². The molecule has 0 N–H and O–H groups in total. The molecular weight excluding hydrogens is 304 g/mol. The molecule has 0 saturated heterocycles. The van der Waals surface area contributed by atoms with Gasteiger partial charge in [-0.05, 0) is 37.8 Å². The number of ether oxygens (including phenoxy) is 2. The maximum atomic E-state index is 12.0. The summed E-state index contributed by atoms with van der Waals surface area (Å²) < 4.78 is 9.41. The molecule has 0 atom stereocenters. The molecule has 122 valence electrons. The average Bonchev–Trinajstić information content (AvgIpc) is 2.95. The van der Waals surface area contributed by atoms with Crippen molar-refractivity contribution in [1.29, 1.82) is 0 Å². The zero-order chi connectivity index (χ0) is 16.4. The van der Waals surface area contributed by atoms with E-state index in [1.807, 2.05) is 12.1 Å². The number of rotatable bonds is 10. The van der Waals surface area contributed by atoms with Crippen LogP contribution in [-0.2, 0) is 25.5 Å². The minimum atomic E-state index is -0.285. The van der Waals surface area contributed by atoms with Crippen molar-refractivity contribution in [2.45, 2.75) is 45.4 Å². The third kappa shape index (κ3) is 7.36. The summed E-state index contributed by atoms with van der Waals surface area (Å²) in [6, 6.07) is 3.80. The molecule has 0 spiro atoms. The number of hydrogen-bond acceptors (Lipinski definition) is 6. The smallest absolute Gasteiger partial charge is 0.305 e. The second-order valence-electron chi connectivity index (χ2n) is 4.92. The van der Waals surface area contributed by atoms with Gasteiger partial charge in [0.05, 0.1) is 18.6 Å². The summed E-state index contributed by atoms with van der Waals surface area (Å²) in [4.78, 5) is 35.5. The Morgan fingerprint density at radius 3 is 2.55 bits per heavy atom. The number of esters is 2. The van der Waals surface area contributed by atoms with Crippen LogP contribution < -0.4 is 0 Å². The number of thiophene rings is 1. The van der Waals surface area contributed by atoms with Gasteiger partial charge in [-0.1, -0.05) is 0 Å². The number of hydrogen-bond donors (Lipinski definition) is 0. The number of unbranched alkanes of at least 4 members (excludes halogenated alkanes) is 1. The van der Waals surface area contributed by atoms with Crippen molar-refractivity contribution in [3.05, 3.63) is 21.9 Å². The molecule has 22 heavy (non-hydrogen) atoms. The second-order valence-corrected chi connectivity index (χ2v) is 6.08. The lowest BCUT2D eigenvalue weighted by molar-refractivity contribution is -0.141. The van der Waals surface area contributed by atoms with Gasteiger partial charge in [-0.2, -0.15) is 0 Å². The number of carbonyl (C=O) groups excluding carboxylic acids is 3. The van der Waals surface area contributed by atoms with Crippen LogP contribution in [0.3, 0.4) is 0 Å². The van der Waals surface area contributed by atoms with E-state index in [-0.39, 0.29) is 24.1 Å². The Morgan fingerprint density at radius 2 is 1.86 bits per heavy atom. The molecule has 1 heterocycles. The van der Waals surface area contributed by atoms with Gasteiger partial charge in [0.1, 0.15) is 0 Å². The molecule has 5 nitrogen and oxygen atoms in total. The van der Waals surface area contributed by atoms with Gasteiger partial charge in [0, 0.05) is 24.6 Å². The topological polar surface area (TPSA) is 69.7 Å². The third-order valence-corrected chi connectivity index (χ3v) is 4.26. The highest BCUT2D eigenvalue weighted by Crippen LogP contribution is 2.21. The number of aryl methyl sites for hydroxylation is 1. The number of Topliss-reactive ketones (excluding diaryl/α,β-unsaturated/α-hetero) is 1. The van der Waals surface area contributed by atoms with E-state index in [9.17, 15) is 14.4 Å². The fourth-order valence-corrected chi connectivity index (χ4v) is 2.91. The fraction of sp³-hybridized carbons (Fsp3) is 0.562. The van der Waals surface area contributed by atoms with Gasteiger partial charge in [0.25, 0.3) is 0 Å². The molecule has 0 aliphatic carbocycles. The molecule has 0 unspecified atom stereocenters. The van der Waals surface area contributed by atoms with E-state index in [0.29, 0.717) is 19.4 Å². The van der Waals surface area contributed by atoms with Crippen LogP contribution in [0.5, 0.6) is 0 Å². The Hall–Kier alpha value is -1.69. The number of methoxy groups -OCH3 is 1. The van der Waals surface area contributed by atoms with E-state index in [1.165, 1.54) is 25.4 Å². The van der Waals surface area contributed by atoms with Gasteiger partial charge in [-0.3, -0.25) is 14.4 Å². The third-order valence-electron chi connectivity index (χ3n) is 3.07. The Balaban J connectivity index is 2.26. The van der Waals surface area contributed by atoms with E-state index in [1.54, 1.807) is 0 Å². The van der Waals surface area contributed by atoms with Crippen molar-refractivity contribution >= 4 is 29.1 Å². The first-order valence-corrected chi connectivity index (χ1v) is 8.16. The lowest BCUT2D eigenvalue weighted by atomic mass is 10.1. The highest BCUT2D eigenvalue weighted by molar-refractivity contribution is 7.14. The Morgan fingerprint density at radius 1 is 1.09 bits per heavy atom. The Kier molecular flexibility index (Phi) is 8.43. The number of carbonyl (C=O) groups is 3. The van der Waals surface area contributed by atoms with Crippen molar-refractivity contribution < 1.29 is 23.9 Å². The Bertz CT molecular complexity index is 506. The fourth-order valence-electron chi connectivity index (χ4n) is 1.90. The van der Waals surface area contributed by atoms with Gasteiger partial charge < -0.3 is 9.47 Å². The minimum absolute atomic E-state index is 0.0695. The van der Waals surface area contributed by atoms with Crippen LogP contribution in [0.15, 0.2) is 12.1 Å². The monoisotopic (exact) mass is 326 g/mol. The quantitative estimate of drug-likeness (QED) is 0.375. The zero-order valence-corrected chi connectivity index (χ0v) is 13.9. The minimum Gasteiger partial charge on any atom is -0.469 e. The van der Waals surface area contributed by atoms with Crippen LogP contribution in [0.25, 0.3) is 0 Å². The van der Waals surface area contributed by atoms with Crippen molar-refractivity contribution in [3.63, 3.8) is 0 Å². The maximum Gasteiger partial charge on any atom is 0.305 e. The summed E-state index contributed by atoms with van der Waals surface area (Å²) in [5.74, 6) is -0.469. The summed E-state index contributed by atoms with van der Waals surface area (Å²) in [5.41, 5.74) is 0. The SMILES string of the molecule is COC(=O)CCCC(=O)c1ccc(CCCCOC(C)=O)s1. The molecule has 0 radical (unpaired) electrons. The summed E-state index contributed by atoms with van der Waals surface area (Å²) in [7, 11) is 1.34. The second kappa shape index (κ2) is 10.1. The van der Waals surface area contributed by atoms with Crippen molar-refractivity contribution in [2.75, 3.05) is 13.7 Å². The zero-order valence-electron chi connectivity index (χ0n) is 13.1. The van der Waals surface area contributed by atoms with E-state index >= 15 is 0 Å². The van der Waals surface area contributed by atoms with Crippen LogP contribution in [0.2, 0.25) is 0 Å². The van der Waals surface area contributed by atoms with Gasteiger partial charge in [0.2, 0.25) is 0 Å². The highest BCUT2D eigenvalue weighted by Gasteiger charge is 2.10. The molecule has 1 rings (SSSR count). The summed E-state index contributed by atoms with van der Waals surface area (Å²) in [5, 5.41) is 0. The molecule has 1 aromatic heterocycles. The first-order chi connectivity index (χ1) is 10.5. The number of ketones is 1. The van der Waals surface area contributed by atoms with Crippen LogP contribution in [0.4, 0.5) is 0 Å². The Labute approximate surface area is 134 Å². The summed E-state index contributed by atoms with van der Waals surface area (Å²) in [6.45, 7) is 1.84. The molecule has 1 aromatic rings. The summed E-state index contributed by atoms with van der Waals surface area (Å²) >= 11 is 1.50. The van der Waals surface area contributed by atoms with Gasteiger partial charge in [0.15, 0.2) is 5.78 Å². The lowest BCUT2D eigenvalue weighted by Gasteiger charge is -2.00. The molecule has 0 aliphatic rings. The summed E-state index contributed by atoms with van der Waals surface area (Å²) in [6.07, 6.45) is 3.77. The molecule has 0 aliphatic heterocycles. The maximum absolute atomic E-state index is 12.0. The van der Waals surface area contributed by atoms with E-state index in [4.69, 9.17) is 4.74 Å². The van der Waals surface area contributed by atoms with Crippen LogP contribution >= 0.6 is 11.3 Å². The van der Waals surface area contributed by atoms with Crippen molar-refractivity contribution in [2.24, 2.45) is 0 Å². The van der Waals surface area contributed by atoms with Gasteiger partial charge in [-0.15, -0.1) is 11.3 Å². The average molecular weight is 326 g/mol.